The maximum Gasteiger partial charge on any atom is 0.472 e. The summed E-state index contributed by atoms with van der Waals surface area (Å²) in [5.41, 5.74) is 0. The van der Waals surface area contributed by atoms with Gasteiger partial charge in [-0.2, -0.15) is 0 Å². The molecular weight excluding hydrogens is 1260 g/mol. The van der Waals surface area contributed by atoms with E-state index in [2.05, 4.69) is 55.4 Å². The van der Waals surface area contributed by atoms with Crippen molar-refractivity contribution in [2.24, 2.45) is 23.7 Å². The minimum absolute atomic E-state index is 0.106. The predicted molar refractivity (Wildman–Crippen MR) is 391 cm³/mol. The highest BCUT2D eigenvalue weighted by atomic mass is 31.2. The van der Waals surface area contributed by atoms with Crippen LogP contribution in [-0.2, 0) is 65.4 Å². The van der Waals surface area contributed by atoms with Crippen molar-refractivity contribution in [1.82, 2.24) is 0 Å². The van der Waals surface area contributed by atoms with Crippen molar-refractivity contribution >= 4 is 39.5 Å². The first-order valence-electron chi connectivity index (χ1n) is 39.7. The molecule has 0 heterocycles. The quantitative estimate of drug-likeness (QED) is 0.0222. The Labute approximate surface area is 588 Å². The monoisotopic (exact) mass is 1410 g/mol. The molecule has 0 aromatic carbocycles. The molecule has 0 radical (unpaired) electrons. The van der Waals surface area contributed by atoms with E-state index in [1.165, 1.54) is 186 Å². The van der Waals surface area contributed by atoms with Crippen molar-refractivity contribution in [3.8, 4) is 0 Å². The topological polar surface area (TPSA) is 237 Å². The molecule has 0 fully saturated rings. The number of rotatable bonds is 74. The van der Waals surface area contributed by atoms with Crippen molar-refractivity contribution in [3.05, 3.63) is 0 Å². The second-order valence-corrected chi connectivity index (χ2v) is 32.3. The molecule has 0 rings (SSSR count). The Bertz CT molecular complexity index is 1890. The molecule has 17 nitrogen and oxygen atoms in total. The number of phosphoric ester groups is 2. The fourth-order valence-corrected chi connectivity index (χ4v) is 13.3. The molecular formula is C77H150O17P2. The van der Waals surface area contributed by atoms with Crippen molar-refractivity contribution in [2.75, 3.05) is 39.6 Å². The highest BCUT2D eigenvalue weighted by Gasteiger charge is 2.30. The van der Waals surface area contributed by atoms with Gasteiger partial charge in [0.15, 0.2) is 12.2 Å². The van der Waals surface area contributed by atoms with Gasteiger partial charge < -0.3 is 33.8 Å². The van der Waals surface area contributed by atoms with Gasteiger partial charge in [-0.1, -0.05) is 338 Å². The Morgan fingerprint density at radius 1 is 0.292 bits per heavy atom. The van der Waals surface area contributed by atoms with Crippen LogP contribution in [-0.4, -0.2) is 96.7 Å². The van der Waals surface area contributed by atoms with E-state index in [4.69, 9.17) is 37.0 Å². The summed E-state index contributed by atoms with van der Waals surface area (Å²) in [6.45, 7) is 14.2. The molecule has 96 heavy (non-hydrogen) atoms. The molecule has 3 unspecified atom stereocenters. The van der Waals surface area contributed by atoms with Crippen LogP contribution in [0.3, 0.4) is 0 Å². The molecule has 0 bridgehead atoms. The third kappa shape index (κ3) is 69.2. The second kappa shape index (κ2) is 66.3. The maximum atomic E-state index is 13.1. The number of phosphoric acid groups is 2. The number of esters is 4. The fraction of sp³-hybridized carbons (Fsp3) is 0.948. The van der Waals surface area contributed by atoms with Gasteiger partial charge in [-0.3, -0.25) is 37.3 Å². The molecule has 3 N–H and O–H groups in total. The lowest BCUT2D eigenvalue weighted by molar-refractivity contribution is -0.161. The highest BCUT2D eigenvalue weighted by Crippen LogP contribution is 2.45. The average Bonchev–Trinajstić information content (AvgIpc) is 1.09. The predicted octanol–water partition coefficient (Wildman–Crippen LogP) is 22.4. The molecule has 0 saturated heterocycles. The van der Waals surface area contributed by atoms with Gasteiger partial charge in [-0.25, -0.2) is 9.13 Å². The Morgan fingerprint density at radius 2 is 0.500 bits per heavy atom. The first-order valence-corrected chi connectivity index (χ1v) is 42.7. The molecule has 570 valence electrons. The number of ether oxygens (including phenoxy) is 4. The van der Waals surface area contributed by atoms with Gasteiger partial charge in [0, 0.05) is 25.7 Å². The summed E-state index contributed by atoms with van der Waals surface area (Å²) in [6.07, 6.45) is 51.3. The Balaban J connectivity index is 5.25. The van der Waals surface area contributed by atoms with Gasteiger partial charge in [0.1, 0.15) is 19.3 Å². The van der Waals surface area contributed by atoms with E-state index in [1.54, 1.807) is 0 Å². The van der Waals surface area contributed by atoms with Crippen LogP contribution in [0.1, 0.15) is 389 Å². The Kier molecular flexibility index (Phi) is 65.0. The van der Waals surface area contributed by atoms with E-state index >= 15 is 0 Å². The van der Waals surface area contributed by atoms with E-state index in [9.17, 15) is 43.2 Å². The molecule has 19 heteroatoms. The number of carbonyl (C=O) groups excluding carboxylic acids is 4. The Morgan fingerprint density at radius 3 is 0.740 bits per heavy atom. The van der Waals surface area contributed by atoms with Gasteiger partial charge in [0.2, 0.25) is 0 Å². The number of carbonyl (C=O) groups is 4. The molecule has 0 aliphatic carbocycles. The standard InChI is InChI=1S/C77H150O17P2/c1-9-70(8)56-48-40-35-36-42-50-58-75(80)88-64-73(94-76(81)59-51-43-33-27-21-15-14-18-24-30-38-46-54-68(4)5)66-92-96(85,86)90-62-71(78)61-89-95(83,84)91-65-72(93-77(82)60-52-44-34-28-22-16-19-25-31-39-47-55-69(6)7)63-87-74(79)57-49-41-32-26-20-13-11-10-12-17-23-29-37-45-53-67(2)3/h67-73,78H,9-66H2,1-8H3,(H,83,84)(H,85,86)/t70?,71-,72-,73-/m1/s1. The smallest absolute Gasteiger partial charge is 0.462 e. The molecule has 0 spiro atoms. The minimum atomic E-state index is -4.96. The van der Waals surface area contributed by atoms with Gasteiger partial charge in [-0.15, -0.1) is 0 Å². The van der Waals surface area contributed by atoms with Gasteiger partial charge >= 0.3 is 39.5 Å². The van der Waals surface area contributed by atoms with E-state index in [-0.39, 0.29) is 25.7 Å². The molecule has 0 aromatic rings. The lowest BCUT2D eigenvalue weighted by Crippen LogP contribution is -2.30. The molecule has 6 atom stereocenters. The molecule has 0 amide bonds. The van der Waals surface area contributed by atoms with Crippen LogP contribution in [0.2, 0.25) is 0 Å². The van der Waals surface area contributed by atoms with Crippen molar-refractivity contribution < 1.29 is 80.2 Å². The van der Waals surface area contributed by atoms with Crippen LogP contribution in [0.25, 0.3) is 0 Å². The summed E-state index contributed by atoms with van der Waals surface area (Å²) in [6, 6.07) is 0. The van der Waals surface area contributed by atoms with E-state index < -0.39 is 97.5 Å². The number of unbranched alkanes of at least 4 members (excludes halogenated alkanes) is 39. The summed E-state index contributed by atoms with van der Waals surface area (Å²) in [4.78, 5) is 72.9. The second-order valence-electron chi connectivity index (χ2n) is 29.4. The third-order valence-electron chi connectivity index (χ3n) is 18.2. The van der Waals surface area contributed by atoms with E-state index in [1.807, 2.05) is 0 Å². The van der Waals surface area contributed by atoms with Crippen LogP contribution >= 0.6 is 15.6 Å². The van der Waals surface area contributed by atoms with Crippen LogP contribution < -0.4 is 0 Å². The summed E-state index contributed by atoms with van der Waals surface area (Å²) >= 11 is 0. The first kappa shape index (κ1) is 94.1. The van der Waals surface area contributed by atoms with Crippen LogP contribution in [0.15, 0.2) is 0 Å². The van der Waals surface area contributed by atoms with Gasteiger partial charge in [0.25, 0.3) is 0 Å². The largest absolute Gasteiger partial charge is 0.472 e. The first-order chi connectivity index (χ1) is 46.1. The average molecular weight is 1410 g/mol. The van der Waals surface area contributed by atoms with Crippen molar-refractivity contribution in [1.29, 1.82) is 0 Å². The normalized spacial score (nSPS) is 14.4. The number of hydrogen-bond acceptors (Lipinski definition) is 15. The summed E-state index contributed by atoms with van der Waals surface area (Å²) < 4.78 is 68.6. The van der Waals surface area contributed by atoms with Crippen molar-refractivity contribution in [3.63, 3.8) is 0 Å². The molecule has 0 aromatic heterocycles. The van der Waals surface area contributed by atoms with Crippen LogP contribution in [0, 0.1) is 23.7 Å². The van der Waals surface area contributed by atoms with Crippen LogP contribution in [0.4, 0.5) is 0 Å². The summed E-state index contributed by atoms with van der Waals surface area (Å²) in [5.74, 6) is 0.952. The van der Waals surface area contributed by atoms with Gasteiger partial charge in [-0.05, 0) is 49.4 Å². The molecule has 0 aliphatic rings. The van der Waals surface area contributed by atoms with E-state index in [0.717, 1.165) is 120 Å². The SMILES string of the molecule is CCC(C)CCCCCCCCC(=O)OC[C@H](COP(=O)(O)OC[C@H](O)COP(=O)(O)OC[C@@H](COC(=O)CCCCCCCCCCCCCCCCC(C)C)OC(=O)CCCCCCCCCCCCCC(C)C)OC(=O)CCCCCCCCCCCCCCC(C)C. The third-order valence-corrected chi connectivity index (χ3v) is 20.1. The summed E-state index contributed by atoms with van der Waals surface area (Å²) in [5, 5.41) is 10.6. The highest BCUT2D eigenvalue weighted by molar-refractivity contribution is 7.47. The number of aliphatic hydroxyl groups is 1. The Hall–Kier alpha value is -1.94. The van der Waals surface area contributed by atoms with Gasteiger partial charge in [0.05, 0.1) is 26.4 Å². The summed E-state index contributed by atoms with van der Waals surface area (Å²) in [7, 11) is -9.92. The van der Waals surface area contributed by atoms with Crippen molar-refractivity contribution in [2.45, 2.75) is 408 Å². The van der Waals surface area contributed by atoms with Crippen LogP contribution in [0.5, 0.6) is 0 Å². The lowest BCUT2D eigenvalue weighted by Gasteiger charge is -2.21. The molecule has 0 saturated carbocycles. The zero-order valence-electron chi connectivity index (χ0n) is 63.0. The maximum absolute atomic E-state index is 13.1. The zero-order valence-corrected chi connectivity index (χ0v) is 64.8. The molecule has 0 aliphatic heterocycles. The number of aliphatic hydroxyl groups excluding tert-OH is 1. The minimum Gasteiger partial charge on any atom is -0.462 e. The van der Waals surface area contributed by atoms with E-state index in [0.29, 0.717) is 25.7 Å². The number of hydrogen-bond donors (Lipinski definition) is 3. The lowest BCUT2D eigenvalue weighted by atomic mass is 10.00. The fourth-order valence-electron chi connectivity index (χ4n) is 11.7. The zero-order chi connectivity index (χ0) is 71.0.